The SMILES string of the molecule is c1ccc(-c2ccc(-n3c4ccc(-c5ccccc5)cc4c4cc(-c5ccc6c(c5)c5ccccc5n6-c5cccc6oc7ccccc7c56)ccc43)cc2)cc1. The topological polar surface area (TPSA) is 23.0 Å². The standard InChI is InChI=1S/C54H34N2O/c1-3-12-35(13-4-1)37-22-27-41(28-23-37)55-48-29-24-38(36-14-5-2-6-15-36)32-45(48)46-34-40(25-30-49(46)55)39-26-31-50-44(33-39)42-16-7-9-18-47(42)56(50)51-19-11-21-53-54(51)43-17-8-10-20-52(43)57-53/h1-34H. The fourth-order valence-corrected chi connectivity index (χ4v) is 9.08. The van der Waals surface area contributed by atoms with E-state index in [4.69, 9.17) is 4.42 Å². The molecule has 0 aliphatic heterocycles. The third kappa shape index (κ3) is 4.92. The summed E-state index contributed by atoms with van der Waals surface area (Å²) >= 11 is 0. The van der Waals surface area contributed by atoms with Gasteiger partial charge in [-0.15, -0.1) is 0 Å². The van der Waals surface area contributed by atoms with Crippen molar-refractivity contribution in [2.45, 2.75) is 0 Å². The molecule has 57 heavy (non-hydrogen) atoms. The molecule has 9 aromatic carbocycles. The van der Waals surface area contributed by atoms with Crippen molar-refractivity contribution in [3.8, 4) is 44.8 Å². The van der Waals surface area contributed by atoms with Crippen LogP contribution in [-0.2, 0) is 0 Å². The Balaban J connectivity index is 1.05. The van der Waals surface area contributed by atoms with Crippen LogP contribution < -0.4 is 0 Å². The van der Waals surface area contributed by atoms with Gasteiger partial charge in [0.05, 0.1) is 33.1 Å². The lowest BCUT2D eigenvalue weighted by Gasteiger charge is -2.11. The van der Waals surface area contributed by atoms with Crippen molar-refractivity contribution in [2.24, 2.45) is 0 Å². The summed E-state index contributed by atoms with van der Waals surface area (Å²) in [6.45, 7) is 0. The van der Waals surface area contributed by atoms with E-state index in [9.17, 15) is 0 Å². The zero-order valence-electron chi connectivity index (χ0n) is 30.9. The van der Waals surface area contributed by atoms with E-state index < -0.39 is 0 Å². The zero-order valence-corrected chi connectivity index (χ0v) is 30.9. The molecule has 0 atom stereocenters. The average Bonchev–Trinajstić information content (AvgIpc) is 3.94. The van der Waals surface area contributed by atoms with Crippen LogP contribution in [-0.4, -0.2) is 9.13 Å². The van der Waals surface area contributed by atoms with Crippen LogP contribution in [0.15, 0.2) is 211 Å². The van der Waals surface area contributed by atoms with Crippen LogP contribution in [0, 0.1) is 0 Å². The normalized spacial score (nSPS) is 11.9. The first-order valence-corrected chi connectivity index (χ1v) is 19.5. The molecule has 12 aromatic rings. The number of aromatic nitrogens is 2. The highest BCUT2D eigenvalue weighted by Crippen LogP contribution is 2.41. The van der Waals surface area contributed by atoms with Crippen LogP contribution in [0.3, 0.4) is 0 Å². The lowest BCUT2D eigenvalue weighted by atomic mass is 9.99. The molecule has 0 N–H and O–H groups in total. The Hall–Kier alpha value is -7.62. The molecule has 0 aliphatic rings. The Morgan fingerprint density at radius 3 is 1.40 bits per heavy atom. The number of nitrogens with zero attached hydrogens (tertiary/aromatic N) is 2. The number of furan rings is 1. The Kier molecular flexibility index (Phi) is 6.93. The molecule has 12 rings (SSSR count). The van der Waals surface area contributed by atoms with Crippen molar-refractivity contribution in [2.75, 3.05) is 0 Å². The molecule has 0 aliphatic carbocycles. The highest BCUT2D eigenvalue weighted by atomic mass is 16.3. The number of hydrogen-bond acceptors (Lipinski definition) is 1. The monoisotopic (exact) mass is 726 g/mol. The summed E-state index contributed by atoms with van der Waals surface area (Å²) in [5, 5.41) is 7.17. The van der Waals surface area contributed by atoms with Crippen molar-refractivity contribution in [1.82, 2.24) is 9.13 Å². The van der Waals surface area contributed by atoms with Gasteiger partial charge >= 0.3 is 0 Å². The number of rotatable bonds is 5. The van der Waals surface area contributed by atoms with Crippen molar-refractivity contribution >= 4 is 65.6 Å². The lowest BCUT2D eigenvalue weighted by molar-refractivity contribution is 0.669. The molecule has 0 fully saturated rings. The highest BCUT2D eigenvalue weighted by molar-refractivity contribution is 6.16. The van der Waals surface area contributed by atoms with Gasteiger partial charge in [0, 0.05) is 32.6 Å². The Labute approximate surface area is 328 Å². The maximum atomic E-state index is 6.33. The fourth-order valence-electron chi connectivity index (χ4n) is 9.08. The van der Waals surface area contributed by atoms with Gasteiger partial charge in [-0.2, -0.15) is 0 Å². The Morgan fingerprint density at radius 2 is 0.737 bits per heavy atom. The maximum absolute atomic E-state index is 6.33. The second kappa shape index (κ2) is 12.5. The number of fused-ring (bicyclic) bond motifs is 9. The third-order valence-electron chi connectivity index (χ3n) is 11.7. The summed E-state index contributed by atoms with van der Waals surface area (Å²) in [6, 6.07) is 74.5. The van der Waals surface area contributed by atoms with Crippen molar-refractivity contribution in [3.05, 3.63) is 206 Å². The summed E-state index contributed by atoms with van der Waals surface area (Å²) in [6.07, 6.45) is 0. The molecule has 0 saturated carbocycles. The van der Waals surface area contributed by atoms with E-state index in [0.717, 1.165) is 33.3 Å². The predicted molar refractivity (Wildman–Crippen MR) is 239 cm³/mol. The van der Waals surface area contributed by atoms with Gasteiger partial charge in [-0.3, -0.25) is 0 Å². The van der Waals surface area contributed by atoms with Gasteiger partial charge in [-0.1, -0.05) is 133 Å². The molecule has 3 aromatic heterocycles. The summed E-state index contributed by atoms with van der Waals surface area (Å²) in [4.78, 5) is 0. The van der Waals surface area contributed by atoms with Crippen LogP contribution in [0.4, 0.5) is 0 Å². The molecule has 3 nitrogen and oxygen atoms in total. The molecule has 0 unspecified atom stereocenters. The average molecular weight is 727 g/mol. The summed E-state index contributed by atoms with van der Waals surface area (Å²) < 4.78 is 11.1. The summed E-state index contributed by atoms with van der Waals surface area (Å²) in [5.41, 5.74) is 16.0. The molecule has 0 saturated heterocycles. The van der Waals surface area contributed by atoms with Gasteiger partial charge in [0.25, 0.3) is 0 Å². The quantitative estimate of drug-likeness (QED) is 0.173. The van der Waals surface area contributed by atoms with Crippen molar-refractivity contribution in [1.29, 1.82) is 0 Å². The van der Waals surface area contributed by atoms with E-state index >= 15 is 0 Å². The molecule has 0 spiro atoms. The van der Waals surface area contributed by atoms with Crippen LogP contribution in [0.1, 0.15) is 0 Å². The largest absolute Gasteiger partial charge is 0.456 e. The molecule has 0 radical (unpaired) electrons. The Morgan fingerprint density at radius 1 is 0.281 bits per heavy atom. The van der Waals surface area contributed by atoms with Gasteiger partial charge < -0.3 is 13.6 Å². The summed E-state index contributed by atoms with van der Waals surface area (Å²) in [5.74, 6) is 0. The minimum Gasteiger partial charge on any atom is -0.456 e. The van der Waals surface area contributed by atoms with Crippen molar-refractivity contribution < 1.29 is 4.42 Å². The van der Waals surface area contributed by atoms with E-state index in [1.165, 1.54) is 77.0 Å². The first-order valence-electron chi connectivity index (χ1n) is 19.5. The Bertz CT molecular complexity index is 3490. The molecular weight excluding hydrogens is 693 g/mol. The highest BCUT2D eigenvalue weighted by Gasteiger charge is 2.19. The van der Waals surface area contributed by atoms with E-state index in [1.807, 2.05) is 6.07 Å². The molecular formula is C54H34N2O. The van der Waals surface area contributed by atoms with E-state index in [1.54, 1.807) is 0 Å². The van der Waals surface area contributed by atoms with Crippen LogP contribution in [0.5, 0.6) is 0 Å². The van der Waals surface area contributed by atoms with E-state index in [-0.39, 0.29) is 0 Å². The van der Waals surface area contributed by atoms with Gasteiger partial charge in [0.2, 0.25) is 0 Å². The maximum Gasteiger partial charge on any atom is 0.137 e. The van der Waals surface area contributed by atoms with Crippen LogP contribution >= 0.6 is 0 Å². The predicted octanol–water partition coefficient (Wildman–Crippen LogP) is 14.8. The van der Waals surface area contributed by atoms with E-state index in [2.05, 4.69) is 209 Å². The molecule has 0 amide bonds. The fraction of sp³-hybridized carbons (Fsp3) is 0. The smallest absolute Gasteiger partial charge is 0.137 e. The second-order valence-electron chi connectivity index (χ2n) is 14.9. The van der Waals surface area contributed by atoms with Gasteiger partial charge in [0.1, 0.15) is 11.2 Å². The minimum absolute atomic E-state index is 0.895. The van der Waals surface area contributed by atoms with Crippen molar-refractivity contribution in [3.63, 3.8) is 0 Å². The number of para-hydroxylation sites is 2. The minimum atomic E-state index is 0.895. The lowest BCUT2D eigenvalue weighted by Crippen LogP contribution is -1.94. The van der Waals surface area contributed by atoms with E-state index in [0.29, 0.717) is 0 Å². The van der Waals surface area contributed by atoms with Gasteiger partial charge in [0.15, 0.2) is 0 Å². The molecule has 266 valence electrons. The first-order chi connectivity index (χ1) is 28.3. The van der Waals surface area contributed by atoms with Crippen LogP contribution in [0.25, 0.3) is 110 Å². The first kappa shape index (κ1) is 31.7. The second-order valence-corrected chi connectivity index (χ2v) is 14.9. The molecule has 3 heteroatoms. The number of hydrogen-bond donors (Lipinski definition) is 0. The summed E-state index contributed by atoms with van der Waals surface area (Å²) in [7, 11) is 0. The van der Waals surface area contributed by atoms with Crippen LogP contribution in [0.2, 0.25) is 0 Å². The number of benzene rings is 9. The van der Waals surface area contributed by atoms with Gasteiger partial charge in [-0.05, 0) is 106 Å². The molecule has 0 bridgehead atoms. The zero-order chi connectivity index (χ0) is 37.5. The van der Waals surface area contributed by atoms with Gasteiger partial charge in [-0.25, -0.2) is 0 Å². The third-order valence-corrected chi connectivity index (χ3v) is 11.7. The molecule has 3 heterocycles.